The zero-order valence-corrected chi connectivity index (χ0v) is 13.6. The molecule has 0 aliphatic carbocycles. The number of aliphatic hydroxyl groups is 1. The number of oxime groups is 1. The summed E-state index contributed by atoms with van der Waals surface area (Å²) in [7, 11) is 0. The molecule has 0 radical (unpaired) electrons. The third-order valence-corrected chi connectivity index (χ3v) is 4.12. The minimum atomic E-state index is -0.553. The molecule has 4 nitrogen and oxygen atoms in total. The van der Waals surface area contributed by atoms with E-state index in [0.29, 0.717) is 12.1 Å². The Labute approximate surface area is 136 Å². The van der Waals surface area contributed by atoms with Crippen LogP contribution in [0.2, 0.25) is 0 Å². The average molecular weight is 329 g/mol. The van der Waals surface area contributed by atoms with Crippen molar-refractivity contribution in [3.05, 3.63) is 29.8 Å². The molecular formula is C15H21ClN2O2S. The second-order valence-corrected chi connectivity index (χ2v) is 6.05. The van der Waals surface area contributed by atoms with Gasteiger partial charge in [-0.2, -0.15) is 0 Å². The predicted octanol–water partition coefficient (Wildman–Crippen LogP) is 2.74. The number of thiol groups is 1. The van der Waals surface area contributed by atoms with E-state index in [1.54, 1.807) is 0 Å². The quantitative estimate of drug-likeness (QED) is 0.479. The van der Waals surface area contributed by atoms with Crippen LogP contribution in [0.25, 0.3) is 0 Å². The number of halogens is 1. The van der Waals surface area contributed by atoms with Gasteiger partial charge < -0.3 is 14.8 Å². The van der Waals surface area contributed by atoms with E-state index in [1.165, 1.54) is 19.3 Å². The zero-order chi connectivity index (χ0) is 15.1. The number of hydrogen-bond acceptors (Lipinski definition) is 5. The summed E-state index contributed by atoms with van der Waals surface area (Å²) in [5, 5.41) is 14.0. The molecule has 6 heteroatoms. The van der Waals surface area contributed by atoms with Crippen molar-refractivity contribution in [2.75, 3.05) is 26.2 Å². The first-order chi connectivity index (χ1) is 10.2. The number of hydrogen-bond donors (Lipinski definition) is 2. The van der Waals surface area contributed by atoms with Crippen LogP contribution in [0.15, 0.2) is 34.3 Å². The van der Waals surface area contributed by atoms with Crippen LogP contribution in [-0.4, -0.2) is 47.5 Å². The van der Waals surface area contributed by atoms with Crippen molar-refractivity contribution in [2.24, 2.45) is 5.16 Å². The molecule has 1 unspecified atom stereocenters. The molecule has 0 spiro atoms. The maximum Gasteiger partial charge on any atom is 0.176 e. The predicted molar refractivity (Wildman–Crippen MR) is 88.3 cm³/mol. The molecule has 1 aliphatic rings. The highest BCUT2D eigenvalue weighted by molar-refractivity contribution is 7.80. The van der Waals surface area contributed by atoms with Gasteiger partial charge in [-0.1, -0.05) is 41.4 Å². The number of nitrogens with zero attached hydrogens (tertiary/aromatic N) is 2. The Morgan fingerprint density at radius 2 is 2.05 bits per heavy atom. The highest BCUT2D eigenvalue weighted by Crippen LogP contribution is 2.16. The first-order valence-electron chi connectivity index (χ1n) is 7.21. The lowest BCUT2D eigenvalue weighted by molar-refractivity contribution is 0.0161. The third kappa shape index (κ3) is 5.51. The average Bonchev–Trinajstić information content (AvgIpc) is 2.48. The third-order valence-electron chi connectivity index (χ3n) is 3.46. The minimum absolute atomic E-state index is 0.140. The topological polar surface area (TPSA) is 45.1 Å². The Bertz CT molecular complexity index is 478. The van der Waals surface area contributed by atoms with Crippen LogP contribution in [0.1, 0.15) is 24.8 Å². The van der Waals surface area contributed by atoms with Crippen molar-refractivity contribution < 1.29 is 9.94 Å². The fourth-order valence-electron chi connectivity index (χ4n) is 2.37. The van der Waals surface area contributed by atoms with Gasteiger partial charge >= 0.3 is 0 Å². The van der Waals surface area contributed by atoms with Gasteiger partial charge in [0, 0.05) is 17.0 Å². The van der Waals surface area contributed by atoms with Crippen molar-refractivity contribution in [3.8, 4) is 0 Å². The first-order valence-corrected chi connectivity index (χ1v) is 8.03. The molecule has 1 aliphatic heterocycles. The summed E-state index contributed by atoms with van der Waals surface area (Å²) in [4.78, 5) is 8.15. The summed E-state index contributed by atoms with van der Waals surface area (Å²) in [6, 6.07) is 7.39. The Balaban J connectivity index is 1.77. The molecular weight excluding hydrogens is 308 g/mol. The lowest BCUT2D eigenvalue weighted by atomic mass is 10.1. The van der Waals surface area contributed by atoms with Crippen LogP contribution in [0.4, 0.5) is 0 Å². The van der Waals surface area contributed by atoms with Crippen LogP contribution in [0.5, 0.6) is 0 Å². The standard InChI is InChI=1S/C15H21ClN2O2S/c16-15(13-6-2-3-7-14(13)21)17-20-11-12(19)10-18-8-4-1-5-9-18/h2-3,6-7,12,19,21H,1,4-5,8-11H2. The van der Waals surface area contributed by atoms with Gasteiger partial charge in [-0.05, 0) is 32.0 Å². The van der Waals surface area contributed by atoms with Crippen LogP contribution >= 0.6 is 24.2 Å². The summed E-state index contributed by atoms with van der Waals surface area (Å²) in [6.07, 6.45) is 3.14. The molecule has 21 heavy (non-hydrogen) atoms. The second-order valence-electron chi connectivity index (χ2n) is 5.21. The molecule has 0 bridgehead atoms. The van der Waals surface area contributed by atoms with Gasteiger partial charge in [0.1, 0.15) is 12.7 Å². The van der Waals surface area contributed by atoms with Gasteiger partial charge in [-0.3, -0.25) is 0 Å². The van der Waals surface area contributed by atoms with E-state index < -0.39 is 6.10 Å². The summed E-state index contributed by atoms with van der Waals surface area (Å²) in [5.41, 5.74) is 0.716. The van der Waals surface area contributed by atoms with E-state index in [4.69, 9.17) is 16.4 Å². The van der Waals surface area contributed by atoms with E-state index in [2.05, 4.69) is 22.7 Å². The molecule has 116 valence electrons. The molecule has 1 aromatic rings. The number of piperidine rings is 1. The van der Waals surface area contributed by atoms with Gasteiger partial charge in [0.25, 0.3) is 0 Å². The maximum absolute atomic E-state index is 9.95. The van der Waals surface area contributed by atoms with Crippen molar-refractivity contribution in [2.45, 2.75) is 30.3 Å². The lowest BCUT2D eigenvalue weighted by Crippen LogP contribution is -2.38. The number of aliphatic hydroxyl groups excluding tert-OH is 1. The van der Waals surface area contributed by atoms with Crippen molar-refractivity contribution in [3.63, 3.8) is 0 Å². The minimum Gasteiger partial charge on any atom is -0.392 e. The van der Waals surface area contributed by atoms with Crippen LogP contribution in [0, 0.1) is 0 Å². The van der Waals surface area contributed by atoms with Gasteiger partial charge in [0.2, 0.25) is 0 Å². The molecule has 1 fully saturated rings. The normalized spacial score (nSPS) is 18.5. The van der Waals surface area contributed by atoms with E-state index in [0.717, 1.165) is 18.0 Å². The summed E-state index contributed by atoms with van der Waals surface area (Å²) in [6.45, 7) is 2.86. The summed E-state index contributed by atoms with van der Waals surface area (Å²) in [5.74, 6) is 0. The van der Waals surface area contributed by atoms with E-state index in [9.17, 15) is 5.11 Å². The van der Waals surface area contributed by atoms with Gasteiger partial charge in [-0.15, -0.1) is 12.6 Å². The van der Waals surface area contributed by atoms with Crippen LogP contribution in [0.3, 0.4) is 0 Å². The smallest absolute Gasteiger partial charge is 0.176 e. The maximum atomic E-state index is 9.95. The molecule has 1 N–H and O–H groups in total. The Kier molecular flexibility index (Phi) is 6.83. The molecule has 1 saturated heterocycles. The van der Waals surface area contributed by atoms with Gasteiger partial charge in [0.05, 0.1) is 0 Å². The summed E-state index contributed by atoms with van der Waals surface area (Å²) < 4.78 is 0. The number of rotatable bonds is 6. The highest BCUT2D eigenvalue weighted by atomic mass is 35.5. The molecule has 0 aromatic heterocycles. The summed E-state index contributed by atoms with van der Waals surface area (Å²) >= 11 is 10.4. The van der Waals surface area contributed by atoms with Crippen molar-refractivity contribution in [1.29, 1.82) is 0 Å². The molecule has 1 heterocycles. The Morgan fingerprint density at radius 1 is 1.33 bits per heavy atom. The number of likely N-dealkylation sites (tertiary alicyclic amines) is 1. The molecule has 1 aromatic carbocycles. The molecule has 1 atom stereocenters. The number of benzene rings is 1. The highest BCUT2D eigenvalue weighted by Gasteiger charge is 2.15. The number of β-amino-alcohol motifs (C(OH)–C–C–N with tert-alkyl or cyclic N) is 1. The van der Waals surface area contributed by atoms with Crippen LogP contribution in [-0.2, 0) is 4.84 Å². The van der Waals surface area contributed by atoms with Gasteiger partial charge in [-0.25, -0.2) is 0 Å². The van der Waals surface area contributed by atoms with E-state index in [-0.39, 0.29) is 11.8 Å². The van der Waals surface area contributed by atoms with Gasteiger partial charge in [0.15, 0.2) is 5.17 Å². The second kappa shape index (κ2) is 8.63. The Hall–Kier alpha value is -0.750. The molecule has 0 saturated carbocycles. The van der Waals surface area contributed by atoms with Crippen molar-refractivity contribution in [1.82, 2.24) is 4.90 Å². The van der Waals surface area contributed by atoms with Crippen LogP contribution < -0.4 is 0 Å². The lowest BCUT2D eigenvalue weighted by Gasteiger charge is -2.27. The first kappa shape index (κ1) is 16.6. The van der Waals surface area contributed by atoms with Crippen molar-refractivity contribution >= 4 is 29.4 Å². The van der Waals surface area contributed by atoms with E-state index in [1.807, 2.05) is 24.3 Å². The fourth-order valence-corrected chi connectivity index (χ4v) is 2.92. The zero-order valence-electron chi connectivity index (χ0n) is 11.9. The SMILES string of the molecule is OC(CON=C(Cl)c1ccccc1S)CN1CCCCC1. The van der Waals surface area contributed by atoms with E-state index >= 15 is 0 Å². The largest absolute Gasteiger partial charge is 0.392 e. The molecule has 2 rings (SSSR count). The fraction of sp³-hybridized carbons (Fsp3) is 0.533. The monoisotopic (exact) mass is 328 g/mol. The Morgan fingerprint density at radius 3 is 2.76 bits per heavy atom. The molecule has 0 amide bonds.